The molecule has 7 nitrogen and oxygen atoms in total. The summed E-state index contributed by atoms with van der Waals surface area (Å²) in [5.41, 5.74) is 9.72. The number of allylic oxidation sites excluding steroid dienone is 1. The van der Waals surface area contributed by atoms with Gasteiger partial charge < -0.3 is 15.5 Å². The molecule has 2 atom stereocenters. The molecule has 1 aromatic heterocycles. The van der Waals surface area contributed by atoms with Crippen LogP contribution >= 0.6 is 0 Å². The minimum absolute atomic E-state index is 0.129. The van der Waals surface area contributed by atoms with E-state index in [-0.39, 0.29) is 11.9 Å². The van der Waals surface area contributed by atoms with Gasteiger partial charge in [-0.3, -0.25) is 9.69 Å². The zero-order chi connectivity index (χ0) is 25.7. The number of hydrogen-bond acceptors (Lipinski definition) is 6. The average Bonchev–Trinajstić information content (AvgIpc) is 3.44. The van der Waals surface area contributed by atoms with Gasteiger partial charge in [-0.2, -0.15) is 0 Å². The number of carbonyl (C=O) groups is 1. The van der Waals surface area contributed by atoms with Crippen molar-refractivity contribution in [3.05, 3.63) is 88.4 Å². The normalized spacial score (nSPS) is 20.9. The van der Waals surface area contributed by atoms with Gasteiger partial charge >= 0.3 is 0 Å². The molecule has 0 unspecified atom stereocenters. The molecule has 2 aromatic carbocycles. The zero-order valence-corrected chi connectivity index (χ0v) is 21.8. The molecule has 6 rings (SSSR count). The summed E-state index contributed by atoms with van der Waals surface area (Å²) in [5.74, 6) is 0.774. The molecule has 37 heavy (non-hydrogen) atoms. The summed E-state index contributed by atoms with van der Waals surface area (Å²) in [7, 11) is 0. The van der Waals surface area contributed by atoms with Crippen molar-refractivity contribution in [2.45, 2.75) is 65.2 Å². The highest BCUT2D eigenvalue weighted by Crippen LogP contribution is 2.32. The molecular formula is C30H34N6O. The van der Waals surface area contributed by atoms with Gasteiger partial charge in [0.25, 0.3) is 5.91 Å². The van der Waals surface area contributed by atoms with E-state index in [4.69, 9.17) is 4.98 Å². The summed E-state index contributed by atoms with van der Waals surface area (Å²) < 4.78 is 0. The van der Waals surface area contributed by atoms with E-state index in [0.717, 1.165) is 72.8 Å². The molecular weight excluding hydrogens is 460 g/mol. The molecule has 1 saturated heterocycles. The van der Waals surface area contributed by atoms with Crippen LogP contribution in [-0.4, -0.2) is 44.3 Å². The number of carbonyl (C=O) groups excluding carboxylic acids is 1. The van der Waals surface area contributed by atoms with Gasteiger partial charge in [0.1, 0.15) is 0 Å². The van der Waals surface area contributed by atoms with Gasteiger partial charge in [-0.1, -0.05) is 12.6 Å². The number of aromatic nitrogens is 2. The Kier molecular flexibility index (Phi) is 5.95. The number of nitrogens with one attached hydrogen (secondary N) is 2. The average molecular weight is 495 g/mol. The van der Waals surface area contributed by atoms with Crippen LogP contribution in [0, 0.1) is 13.8 Å². The number of nitrogens with zero attached hydrogens (tertiary/aromatic N) is 4. The Labute approximate surface area is 218 Å². The van der Waals surface area contributed by atoms with Gasteiger partial charge in [0.2, 0.25) is 5.95 Å². The predicted octanol–water partition coefficient (Wildman–Crippen LogP) is 5.33. The Bertz CT molecular complexity index is 1380. The number of rotatable bonds is 4. The Morgan fingerprint density at radius 3 is 2.70 bits per heavy atom. The molecule has 1 fully saturated rings. The highest BCUT2D eigenvalue weighted by atomic mass is 16.2. The maximum absolute atomic E-state index is 13.4. The van der Waals surface area contributed by atoms with Crippen molar-refractivity contribution in [2.75, 3.05) is 17.2 Å². The van der Waals surface area contributed by atoms with Crippen LogP contribution < -0.4 is 10.6 Å². The lowest BCUT2D eigenvalue weighted by Gasteiger charge is -2.41. The molecule has 3 aliphatic rings. The second-order valence-electron chi connectivity index (χ2n) is 10.9. The number of aryl methyl sites for hydroxylation is 2. The van der Waals surface area contributed by atoms with Crippen LogP contribution in [0.2, 0.25) is 0 Å². The Hall–Kier alpha value is -3.71. The van der Waals surface area contributed by atoms with Crippen molar-refractivity contribution in [3.63, 3.8) is 0 Å². The molecule has 2 N–H and O–H groups in total. The maximum atomic E-state index is 13.4. The summed E-state index contributed by atoms with van der Waals surface area (Å²) in [4.78, 5) is 27.4. The molecule has 1 amide bonds. The lowest BCUT2D eigenvalue weighted by molar-refractivity contribution is 0.0460. The number of hydrogen-bond donors (Lipinski definition) is 2. The third-order valence-electron chi connectivity index (χ3n) is 7.85. The highest BCUT2D eigenvalue weighted by molar-refractivity contribution is 5.95. The van der Waals surface area contributed by atoms with Gasteiger partial charge in [-0.05, 0) is 80.6 Å². The van der Waals surface area contributed by atoms with Crippen LogP contribution in [0.15, 0.2) is 54.9 Å². The first kappa shape index (κ1) is 23.7. The van der Waals surface area contributed by atoms with Crippen LogP contribution in [0.5, 0.6) is 0 Å². The third-order valence-corrected chi connectivity index (χ3v) is 7.85. The van der Waals surface area contributed by atoms with Gasteiger partial charge in [0.05, 0.1) is 5.69 Å². The topological polar surface area (TPSA) is 73.4 Å². The summed E-state index contributed by atoms with van der Waals surface area (Å²) >= 11 is 0. The summed E-state index contributed by atoms with van der Waals surface area (Å²) in [6.07, 6.45) is 4.68. The summed E-state index contributed by atoms with van der Waals surface area (Å²) in [5, 5.41) is 6.65. The van der Waals surface area contributed by atoms with Gasteiger partial charge in [0, 0.05) is 72.5 Å². The van der Waals surface area contributed by atoms with E-state index in [1.54, 1.807) is 0 Å². The lowest BCUT2D eigenvalue weighted by atomic mass is 9.95. The molecule has 4 heterocycles. The fourth-order valence-electron chi connectivity index (χ4n) is 6.08. The SMILES string of the molecule is C=C1Cc2cc(C(=O)N3CC[C@@H](N4Cc5cnc(Nc6cc(C)cc(C)c6)nc5C4)C[C@H]3C)ccc2N1. The van der Waals surface area contributed by atoms with Crippen molar-refractivity contribution in [2.24, 2.45) is 0 Å². The number of likely N-dealkylation sites (tertiary alicyclic amines) is 1. The fraction of sp³-hybridized carbons (Fsp3) is 0.367. The first-order valence-corrected chi connectivity index (χ1v) is 13.2. The summed E-state index contributed by atoms with van der Waals surface area (Å²) in [6, 6.07) is 13.0. The van der Waals surface area contributed by atoms with Crippen LogP contribution in [0.1, 0.15) is 58.1 Å². The van der Waals surface area contributed by atoms with Crippen LogP contribution in [0.4, 0.5) is 17.3 Å². The predicted molar refractivity (Wildman–Crippen MR) is 147 cm³/mol. The Morgan fingerprint density at radius 1 is 1.11 bits per heavy atom. The summed E-state index contributed by atoms with van der Waals surface area (Å²) in [6.45, 7) is 12.8. The largest absolute Gasteiger partial charge is 0.359 e. The standard InChI is InChI=1S/C30H34N6O/c1-18-9-19(2)11-25(10-18)33-30-31-15-24-16-35(17-28(24)34-30)26-7-8-36(21(4)13-26)29(37)22-5-6-27-23(14-22)12-20(3)32-27/h5-6,9-11,14-15,21,26,32H,3,7-8,12-13,16-17H2,1-2,4H3,(H,31,33,34)/t21-,26-/m1/s1. The highest BCUT2D eigenvalue weighted by Gasteiger charge is 2.35. The Balaban J connectivity index is 1.09. The number of benzene rings is 2. The van der Waals surface area contributed by atoms with Gasteiger partial charge in [-0.15, -0.1) is 0 Å². The first-order chi connectivity index (χ1) is 17.8. The van der Waals surface area contributed by atoms with E-state index in [1.807, 2.05) is 29.3 Å². The smallest absolute Gasteiger partial charge is 0.254 e. The number of anilines is 3. The van der Waals surface area contributed by atoms with E-state index in [9.17, 15) is 4.79 Å². The molecule has 0 saturated carbocycles. The molecule has 0 bridgehead atoms. The lowest BCUT2D eigenvalue weighted by Crippen LogP contribution is -2.50. The van der Waals surface area contributed by atoms with E-state index in [1.165, 1.54) is 16.7 Å². The van der Waals surface area contributed by atoms with Gasteiger partial charge in [0.15, 0.2) is 0 Å². The van der Waals surface area contributed by atoms with E-state index < -0.39 is 0 Å². The second-order valence-corrected chi connectivity index (χ2v) is 10.9. The second kappa shape index (κ2) is 9.30. The van der Waals surface area contributed by atoms with Crippen molar-refractivity contribution < 1.29 is 4.79 Å². The molecule has 0 aliphatic carbocycles. The molecule has 0 spiro atoms. The monoisotopic (exact) mass is 494 g/mol. The number of fused-ring (bicyclic) bond motifs is 2. The van der Waals surface area contributed by atoms with E-state index in [0.29, 0.717) is 12.0 Å². The van der Waals surface area contributed by atoms with Crippen LogP contribution in [0.25, 0.3) is 0 Å². The molecule has 3 aliphatic heterocycles. The van der Waals surface area contributed by atoms with Crippen LogP contribution in [-0.2, 0) is 19.5 Å². The van der Waals surface area contributed by atoms with Crippen molar-refractivity contribution in [1.29, 1.82) is 0 Å². The first-order valence-electron chi connectivity index (χ1n) is 13.2. The molecule has 190 valence electrons. The Morgan fingerprint density at radius 2 is 1.92 bits per heavy atom. The van der Waals surface area contributed by atoms with E-state index in [2.05, 4.69) is 66.1 Å². The third kappa shape index (κ3) is 4.71. The maximum Gasteiger partial charge on any atom is 0.254 e. The van der Waals surface area contributed by atoms with Crippen molar-refractivity contribution >= 4 is 23.2 Å². The zero-order valence-electron chi connectivity index (χ0n) is 21.8. The fourth-order valence-corrected chi connectivity index (χ4v) is 6.08. The molecule has 7 heteroatoms. The minimum atomic E-state index is 0.129. The number of piperidine rings is 1. The quantitative estimate of drug-likeness (QED) is 0.511. The van der Waals surface area contributed by atoms with Crippen molar-refractivity contribution in [1.82, 2.24) is 19.8 Å². The molecule has 3 aromatic rings. The van der Waals surface area contributed by atoms with Gasteiger partial charge in [-0.25, -0.2) is 9.97 Å². The van der Waals surface area contributed by atoms with Crippen LogP contribution in [0.3, 0.4) is 0 Å². The minimum Gasteiger partial charge on any atom is -0.359 e. The van der Waals surface area contributed by atoms with Crippen molar-refractivity contribution in [3.8, 4) is 0 Å². The number of amides is 1. The van der Waals surface area contributed by atoms with E-state index >= 15 is 0 Å². The molecule has 0 radical (unpaired) electrons.